The summed E-state index contributed by atoms with van der Waals surface area (Å²) >= 11 is 0. The third kappa shape index (κ3) is 4.25. The second kappa shape index (κ2) is 9.17. The molecule has 3 unspecified atom stereocenters. The van der Waals surface area contributed by atoms with Crippen LogP contribution in [0.2, 0.25) is 0 Å². The van der Waals surface area contributed by atoms with Gasteiger partial charge in [0.2, 0.25) is 0 Å². The standard InChI is InChI=1S/C27H31N3/c1-21(24-13-7-4-8-14-24)28-27-29(22(2)25-15-9-5-10-16-25)19-20-30(27)23(3)26-17-11-6-12-18-26/h4-18,21-23H,19-20H2,1-3H3. The third-order valence-electron chi connectivity index (χ3n) is 6.19. The van der Waals surface area contributed by atoms with E-state index in [4.69, 9.17) is 4.99 Å². The summed E-state index contributed by atoms with van der Waals surface area (Å²) in [7, 11) is 0. The van der Waals surface area contributed by atoms with Crippen LogP contribution in [0.1, 0.15) is 55.6 Å². The Hall–Kier alpha value is -3.07. The van der Waals surface area contributed by atoms with Crippen LogP contribution in [-0.2, 0) is 0 Å². The molecular formula is C27H31N3. The van der Waals surface area contributed by atoms with Crippen molar-refractivity contribution in [2.45, 2.75) is 38.9 Å². The average molecular weight is 398 g/mol. The molecule has 4 rings (SSSR count). The molecule has 0 spiro atoms. The Morgan fingerprint density at radius 1 is 0.567 bits per heavy atom. The van der Waals surface area contributed by atoms with Crippen molar-refractivity contribution in [1.82, 2.24) is 9.80 Å². The van der Waals surface area contributed by atoms with Crippen LogP contribution >= 0.6 is 0 Å². The number of nitrogens with zero attached hydrogens (tertiary/aromatic N) is 3. The molecule has 30 heavy (non-hydrogen) atoms. The minimum atomic E-state index is 0.107. The van der Waals surface area contributed by atoms with Gasteiger partial charge in [0.05, 0.1) is 18.1 Å². The van der Waals surface area contributed by atoms with Crippen molar-refractivity contribution >= 4 is 5.96 Å². The van der Waals surface area contributed by atoms with Gasteiger partial charge >= 0.3 is 0 Å². The summed E-state index contributed by atoms with van der Waals surface area (Å²) in [5, 5.41) is 0. The highest BCUT2D eigenvalue weighted by Crippen LogP contribution is 2.32. The maximum atomic E-state index is 5.27. The van der Waals surface area contributed by atoms with Crippen molar-refractivity contribution in [3.63, 3.8) is 0 Å². The van der Waals surface area contributed by atoms with E-state index in [1.165, 1.54) is 16.7 Å². The van der Waals surface area contributed by atoms with E-state index < -0.39 is 0 Å². The molecule has 1 aliphatic rings. The van der Waals surface area contributed by atoms with Gasteiger partial charge in [-0.15, -0.1) is 0 Å². The Morgan fingerprint density at radius 2 is 0.933 bits per heavy atom. The monoisotopic (exact) mass is 397 g/mol. The number of hydrogen-bond acceptors (Lipinski definition) is 1. The van der Waals surface area contributed by atoms with Gasteiger partial charge in [-0.25, -0.2) is 4.99 Å². The van der Waals surface area contributed by atoms with Crippen LogP contribution < -0.4 is 0 Å². The molecule has 0 saturated carbocycles. The zero-order valence-corrected chi connectivity index (χ0v) is 18.1. The minimum absolute atomic E-state index is 0.107. The van der Waals surface area contributed by atoms with E-state index >= 15 is 0 Å². The molecule has 1 fully saturated rings. The summed E-state index contributed by atoms with van der Waals surface area (Å²) in [6, 6.07) is 32.7. The molecule has 0 aliphatic carbocycles. The fourth-order valence-corrected chi connectivity index (χ4v) is 4.26. The van der Waals surface area contributed by atoms with E-state index in [1.54, 1.807) is 0 Å². The van der Waals surface area contributed by atoms with Gasteiger partial charge in [0.1, 0.15) is 0 Å². The Bertz CT molecular complexity index is 898. The zero-order chi connectivity index (χ0) is 20.9. The van der Waals surface area contributed by atoms with Gasteiger partial charge in [-0.2, -0.15) is 0 Å². The molecule has 154 valence electrons. The van der Waals surface area contributed by atoms with E-state index in [0.717, 1.165) is 19.0 Å². The van der Waals surface area contributed by atoms with E-state index in [-0.39, 0.29) is 18.1 Å². The van der Waals surface area contributed by atoms with Crippen LogP contribution in [0.3, 0.4) is 0 Å². The number of rotatable bonds is 6. The topological polar surface area (TPSA) is 18.8 Å². The fourth-order valence-electron chi connectivity index (χ4n) is 4.26. The van der Waals surface area contributed by atoms with Crippen LogP contribution in [0.25, 0.3) is 0 Å². The first kappa shape index (κ1) is 20.2. The lowest BCUT2D eigenvalue weighted by molar-refractivity contribution is 0.357. The van der Waals surface area contributed by atoms with E-state index in [2.05, 4.69) is 122 Å². The number of hydrogen-bond donors (Lipinski definition) is 0. The van der Waals surface area contributed by atoms with Gasteiger partial charge in [0, 0.05) is 13.1 Å². The molecule has 0 amide bonds. The van der Waals surface area contributed by atoms with E-state index in [1.807, 2.05) is 0 Å². The smallest absolute Gasteiger partial charge is 0.198 e. The summed E-state index contributed by atoms with van der Waals surface area (Å²) in [5.41, 5.74) is 3.90. The summed E-state index contributed by atoms with van der Waals surface area (Å²) < 4.78 is 0. The highest BCUT2D eigenvalue weighted by molar-refractivity contribution is 5.83. The third-order valence-corrected chi connectivity index (χ3v) is 6.19. The van der Waals surface area contributed by atoms with Crippen molar-refractivity contribution in [2.75, 3.05) is 13.1 Å². The van der Waals surface area contributed by atoms with Crippen LogP contribution in [0, 0.1) is 0 Å². The molecular weight excluding hydrogens is 366 g/mol. The summed E-state index contributed by atoms with van der Waals surface area (Å²) in [5.74, 6) is 1.10. The van der Waals surface area contributed by atoms with Crippen LogP contribution in [0.5, 0.6) is 0 Å². The van der Waals surface area contributed by atoms with Gasteiger partial charge in [0.25, 0.3) is 0 Å². The first-order chi connectivity index (χ1) is 14.6. The molecule has 0 N–H and O–H groups in total. The SMILES string of the molecule is CC(N=C1N(C(C)c2ccccc2)CCN1C(C)c1ccccc1)c1ccccc1. The van der Waals surface area contributed by atoms with Crippen LogP contribution in [0.4, 0.5) is 0 Å². The van der Waals surface area contributed by atoms with Crippen LogP contribution in [-0.4, -0.2) is 28.8 Å². The number of aliphatic imine (C=N–C) groups is 1. The van der Waals surface area contributed by atoms with Crippen molar-refractivity contribution in [3.05, 3.63) is 108 Å². The van der Waals surface area contributed by atoms with Gasteiger partial charge in [-0.05, 0) is 37.5 Å². The number of guanidine groups is 1. The molecule has 3 heteroatoms. The predicted molar refractivity (Wildman–Crippen MR) is 125 cm³/mol. The van der Waals surface area contributed by atoms with Gasteiger partial charge < -0.3 is 9.80 Å². The maximum absolute atomic E-state index is 5.27. The minimum Gasteiger partial charge on any atom is -0.334 e. The van der Waals surface area contributed by atoms with E-state index in [0.29, 0.717) is 0 Å². The van der Waals surface area contributed by atoms with E-state index in [9.17, 15) is 0 Å². The zero-order valence-electron chi connectivity index (χ0n) is 18.1. The predicted octanol–water partition coefficient (Wildman–Crippen LogP) is 6.24. The Balaban J connectivity index is 1.69. The highest BCUT2D eigenvalue weighted by Gasteiger charge is 2.34. The molecule has 3 atom stereocenters. The number of benzene rings is 3. The normalized spacial score (nSPS) is 17.0. The lowest BCUT2D eigenvalue weighted by Gasteiger charge is -2.32. The fraction of sp³-hybridized carbons (Fsp3) is 0.296. The Labute approximate surface area is 180 Å². The Morgan fingerprint density at radius 3 is 1.33 bits per heavy atom. The van der Waals surface area contributed by atoms with Gasteiger partial charge in [0.15, 0.2) is 5.96 Å². The first-order valence-corrected chi connectivity index (χ1v) is 10.9. The quantitative estimate of drug-likeness (QED) is 0.490. The molecule has 0 radical (unpaired) electrons. The van der Waals surface area contributed by atoms with Crippen molar-refractivity contribution < 1.29 is 0 Å². The van der Waals surface area contributed by atoms with Crippen molar-refractivity contribution in [1.29, 1.82) is 0 Å². The molecule has 0 aromatic heterocycles. The van der Waals surface area contributed by atoms with Crippen molar-refractivity contribution in [3.8, 4) is 0 Å². The molecule has 3 aromatic carbocycles. The first-order valence-electron chi connectivity index (χ1n) is 10.9. The summed E-state index contributed by atoms with van der Waals surface area (Å²) in [6.07, 6.45) is 0. The lowest BCUT2D eigenvalue weighted by Crippen LogP contribution is -2.37. The lowest BCUT2D eigenvalue weighted by atomic mass is 10.1. The molecule has 1 saturated heterocycles. The van der Waals surface area contributed by atoms with Crippen LogP contribution in [0.15, 0.2) is 96.0 Å². The molecule has 1 heterocycles. The Kier molecular flexibility index (Phi) is 6.18. The maximum Gasteiger partial charge on any atom is 0.198 e. The van der Waals surface area contributed by atoms with Crippen molar-refractivity contribution in [2.24, 2.45) is 4.99 Å². The van der Waals surface area contributed by atoms with Gasteiger partial charge in [-0.1, -0.05) is 91.0 Å². The highest BCUT2D eigenvalue weighted by atomic mass is 15.5. The second-order valence-corrected chi connectivity index (χ2v) is 8.08. The molecule has 1 aliphatic heterocycles. The van der Waals surface area contributed by atoms with Gasteiger partial charge in [-0.3, -0.25) is 0 Å². The summed E-state index contributed by atoms with van der Waals surface area (Å²) in [4.78, 5) is 10.2. The second-order valence-electron chi connectivity index (χ2n) is 8.08. The molecule has 0 bridgehead atoms. The largest absolute Gasteiger partial charge is 0.334 e. The molecule has 3 nitrogen and oxygen atoms in total. The average Bonchev–Trinajstić information content (AvgIpc) is 3.23. The summed E-state index contributed by atoms with van der Waals surface area (Å²) in [6.45, 7) is 8.72. The molecule has 3 aromatic rings.